The van der Waals surface area contributed by atoms with E-state index >= 15 is 0 Å². The van der Waals surface area contributed by atoms with Crippen LogP contribution in [-0.2, 0) is 0 Å². The molecule has 1 aromatic rings. The number of halogens is 1. The molecule has 0 amide bonds. The molecule has 2 rings (SSSR count). The summed E-state index contributed by atoms with van der Waals surface area (Å²) in [6.07, 6.45) is 2.38. The van der Waals surface area contributed by atoms with Gasteiger partial charge in [-0.2, -0.15) is 0 Å². The Morgan fingerprint density at radius 3 is 2.67 bits per heavy atom. The maximum absolute atomic E-state index is 12.8. The second-order valence-electron chi connectivity index (χ2n) is 4.32. The van der Waals surface area contributed by atoms with Gasteiger partial charge in [-0.1, -0.05) is 19.1 Å². The van der Waals surface area contributed by atoms with Gasteiger partial charge in [0.25, 0.3) is 0 Å². The van der Waals surface area contributed by atoms with E-state index in [4.69, 9.17) is 0 Å². The van der Waals surface area contributed by atoms with Crippen LogP contribution in [0, 0.1) is 11.7 Å². The molecule has 1 heterocycles. The largest absolute Gasteiger partial charge is 0.316 e. The summed E-state index contributed by atoms with van der Waals surface area (Å²) in [4.78, 5) is 0. The number of hydrogen-bond acceptors (Lipinski definition) is 1. The van der Waals surface area contributed by atoms with E-state index in [0.717, 1.165) is 25.4 Å². The van der Waals surface area contributed by atoms with Crippen molar-refractivity contribution in [3.8, 4) is 0 Å². The van der Waals surface area contributed by atoms with E-state index < -0.39 is 0 Å². The lowest BCUT2D eigenvalue weighted by atomic mass is 9.83. The van der Waals surface area contributed by atoms with Gasteiger partial charge in [0.05, 0.1) is 0 Å². The third-order valence-corrected chi connectivity index (χ3v) is 3.41. The SMILES string of the molecule is CCC(c1ccc(F)cc1)C1CCNC1. The molecule has 1 aliphatic rings. The second kappa shape index (κ2) is 4.75. The zero-order chi connectivity index (χ0) is 10.7. The summed E-state index contributed by atoms with van der Waals surface area (Å²) in [6, 6.07) is 7.00. The summed E-state index contributed by atoms with van der Waals surface area (Å²) in [7, 11) is 0. The van der Waals surface area contributed by atoms with Crippen LogP contribution in [0.4, 0.5) is 4.39 Å². The number of nitrogens with one attached hydrogen (secondary N) is 1. The van der Waals surface area contributed by atoms with Gasteiger partial charge in [-0.3, -0.25) is 0 Å². The molecule has 0 bridgehead atoms. The minimum atomic E-state index is -0.141. The minimum Gasteiger partial charge on any atom is -0.316 e. The Hall–Kier alpha value is -0.890. The molecule has 1 aliphatic heterocycles. The normalized spacial score (nSPS) is 22.9. The van der Waals surface area contributed by atoms with Crippen molar-refractivity contribution in [3.63, 3.8) is 0 Å². The van der Waals surface area contributed by atoms with Crippen molar-refractivity contribution in [2.45, 2.75) is 25.7 Å². The van der Waals surface area contributed by atoms with Crippen LogP contribution < -0.4 is 5.32 Å². The zero-order valence-electron chi connectivity index (χ0n) is 9.17. The maximum Gasteiger partial charge on any atom is 0.123 e. The molecule has 2 unspecified atom stereocenters. The van der Waals surface area contributed by atoms with Crippen LogP contribution in [0.5, 0.6) is 0 Å². The van der Waals surface area contributed by atoms with Crippen molar-refractivity contribution in [1.29, 1.82) is 0 Å². The lowest BCUT2D eigenvalue weighted by molar-refractivity contribution is 0.446. The average Bonchev–Trinajstić information content (AvgIpc) is 2.75. The van der Waals surface area contributed by atoms with Gasteiger partial charge in [-0.25, -0.2) is 4.39 Å². The van der Waals surface area contributed by atoms with Crippen LogP contribution in [0.1, 0.15) is 31.2 Å². The molecule has 2 atom stereocenters. The third kappa shape index (κ3) is 2.37. The van der Waals surface area contributed by atoms with E-state index in [1.54, 1.807) is 12.1 Å². The Labute approximate surface area is 90.7 Å². The number of hydrogen-bond donors (Lipinski definition) is 1. The maximum atomic E-state index is 12.8. The first-order valence-corrected chi connectivity index (χ1v) is 5.77. The molecule has 2 heteroatoms. The van der Waals surface area contributed by atoms with Crippen LogP contribution >= 0.6 is 0 Å². The molecule has 15 heavy (non-hydrogen) atoms. The third-order valence-electron chi connectivity index (χ3n) is 3.41. The van der Waals surface area contributed by atoms with Gasteiger partial charge in [-0.05, 0) is 55.5 Å². The van der Waals surface area contributed by atoms with E-state index in [0.29, 0.717) is 5.92 Å². The summed E-state index contributed by atoms with van der Waals surface area (Å²) < 4.78 is 12.8. The van der Waals surface area contributed by atoms with Gasteiger partial charge < -0.3 is 5.32 Å². The molecule has 0 aromatic heterocycles. The Bertz CT molecular complexity index is 301. The number of benzene rings is 1. The molecule has 0 radical (unpaired) electrons. The molecule has 0 spiro atoms. The summed E-state index contributed by atoms with van der Waals surface area (Å²) >= 11 is 0. The molecule has 1 fully saturated rings. The zero-order valence-corrected chi connectivity index (χ0v) is 9.17. The first kappa shape index (κ1) is 10.6. The molecular weight excluding hydrogens is 189 g/mol. The van der Waals surface area contributed by atoms with Gasteiger partial charge in [-0.15, -0.1) is 0 Å². The van der Waals surface area contributed by atoms with Gasteiger partial charge in [0.15, 0.2) is 0 Å². The fourth-order valence-corrected chi connectivity index (χ4v) is 2.57. The van der Waals surface area contributed by atoms with Crippen LogP contribution in [-0.4, -0.2) is 13.1 Å². The summed E-state index contributed by atoms with van der Waals surface area (Å²) in [5.74, 6) is 1.17. The van der Waals surface area contributed by atoms with Crippen molar-refractivity contribution in [3.05, 3.63) is 35.6 Å². The standard InChI is InChI=1S/C13H18FN/c1-2-13(11-7-8-15-9-11)10-3-5-12(14)6-4-10/h3-6,11,13,15H,2,7-9H2,1H3. The Morgan fingerprint density at radius 1 is 1.40 bits per heavy atom. The molecule has 1 aromatic carbocycles. The lowest BCUT2D eigenvalue weighted by Gasteiger charge is -2.21. The van der Waals surface area contributed by atoms with E-state index in [1.807, 2.05) is 12.1 Å². The van der Waals surface area contributed by atoms with E-state index in [2.05, 4.69) is 12.2 Å². The van der Waals surface area contributed by atoms with Crippen molar-refractivity contribution in [2.24, 2.45) is 5.92 Å². The quantitative estimate of drug-likeness (QED) is 0.803. The monoisotopic (exact) mass is 207 g/mol. The first-order chi connectivity index (χ1) is 7.31. The van der Waals surface area contributed by atoms with Gasteiger partial charge >= 0.3 is 0 Å². The van der Waals surface area contributed by atoms with Crippen molar-refractivity contribution < 1.29 is 4.39 Å². The van der Waals surface area contributed by atoms with Crippen LogP contribution in [0.2, 0.25) is 0 Å². The highest BCUT2D eigenvalue weighted by Gasteiger charge is 2.24. The van der Waals surface area contributed by atoms with Gasteiger partial charge in [0.1, 0.15) is 5.82 Å². The van der Waals surface area contributed by atoms with E-state index in [9.17, 15) is 4.39 Å². The summed E-state index contributed by atoms with van der Waals surface area (Å²) in [5, 5.41) is 3.39. The highest BCUT2D eigenvalue weighted by atomic mass is 19.1. The van der Waals surface area contributed by atoms with Crippen molar-refractivity contribution in [1.82, 2.24) is 5.32 Å². The van der Waals surface area contributed by atoms with Gasteiger partial charge in [0, 0.05) is 0 Å². The summed E-state index contributed by atoms with van der Waals surface area (Å²) in [5.41, 5.74) is 1.28. The fourth-order valence-electron chi connectivity index (χ4n) is 2.57. The minimum absolute atomic E-state index is 0.141. The Morgan fingerprint density at radius 2 is 2.13 bits per heavy atom. The smallest absolute Gasteiger partial charge is 0.123 e. The van der Waals surface area contributed by atoms with Crippen molar-refractivity contribution in [2.75, 3.05) is 13.1 Å². The molecule has 0 aliphatic carbocycles. The average molecular weight is 207 g/mol. The van der Waals surface area contributed by atoms with E-state index in [1.165, 1.54) is 12.0 Å². The molecule has 1 saturated heterocycles. The molecule has 1 N–H and O–H groups in total. The van der Waals surface area contributed by atoms with Crippen LogP contribution in [0.25, 0.3) is 0 Å². The highest BCUT2D eigenvalue weighted by Crippen LogP contribution is 2.31. The summed E-state index contributed by atoms with van der Waals surface area (Å²) in [6.45, 7) is 4.45. The van der Waals surface area contributed by atoms with E-state index in [-0.39, 0.29) is 5.82 Å². The van der Waals surface area contributed by atoms with Gasteiger partial charge in [0.2, 0.25) is 0 Å². The highest BCUT2D eigenvalue weighted by molar-refractivity contribution is 5.21. The molecular formula is C13H18FN. The van der Waals surface area contributed by atoms with Crippen LogP contribution in [0.3, 0.4) is 0 Å². The molecule has 0 saturated carbocycles. The fraction of sp³-hybridized carbons (Fsp3) is 0.538. The first-order valence-electron chi connectivity index (χ1n) is 5.77. The lowest BCUT2D eigenvalue weighted by Crippen LogP contribution is -2.16. The number of rotatable bonds is 3. The predicted molar refractivity (Wildman–Crippen MR) is 60.4 cm³/mol. The Balaban J connectivity index is 2.14. The predicted octanol–water partition coefficient (Wildman–Crippen LogP) is 2.93. The molecule has 82 valence electrons. The van der Waals surface area contributed by atoms with Crippen molar-refractivity contribution >= 4 is 0 Å². The topological polar surface area (TPSA) is 12.0 Å². The Kier molecular flexibility index (Phi) is 3.37. The second-order valence-corrected chi connectivity index (χ2v) is 4.32. The molecule has 1 nitrogen and oxygen atoms in total. The van der Waals surface area contributed by atoms with Crippen LogP contribution in [0.15, 0.2) is 24.3 Å².